The third kappa shape index (κ3) is 4.65. The number of carboxylic acid groups (broad SMARTS) is 1. The quantitative estimate of drug-likeness (QED) is 0.504. The molecule has 0 bridgehead atoms. The summed E-state index contributed by atoms with van der Waals surface area (Å²) in [6, 6.07) is 8.49. The largest absolute Gasteiger partial charge is 0.496 e. The van der Waals surface area contributed by atoms with Gasteiger partial charge in [-0.05, 0) is 49.6 Å². The molecule has 33 heavy (non-hydrogen) atoms. The lowest BCUT2D eigenvalue weighted by molar-refractivity contribution is -0.0842. The number of aliphatic hydroxyl groups excluding tert-OH is 1. The van der Waals surface area contributed by atoms with Gasteiger partial charge in [0.25, 0.3) is 0 Å². The second-order valence-corrected chi connectivity index (χ2v) is 8.33. The van der Waals surface area contributed by atoms with E-state index < -0.39 is 18.2 Å². The van der Waals surface area contributed by atoms with Crippen molar-refractivity contribution in [3.05, 3.63) is 47.0 Å². The number of rotatable bonds is 9. The van der Waals surface area contributed by atoms with E-state index in [2.05, 4.69) is 10.3 Å². The number of benzene rings is 2. The lowest BCUT2D eigenvalue weighted by Gasteiger charge is -2.27. The minimum absolute atomic E-state index is 0.0447. The predicted molar refractivity (Wildman–Crippen MR) is 121 cm³/mol. The predicted octanol–water partition coefficient (Wildman–Crippen LogP) is 3.52. The molecule has 9 heteroatoms. The van der Waals surface area contributed by atoms with Crippen molar-refractivity contribution in [2.45, 2.75) is 57.5 Å². The number of aromatic nitrogens is 3. The van der Waals surface area contributed by atoms with E-state index in [1.54, 1.807) is 43.2 Å². The Balaban J connectivity index is 1.70. The molecule has 2 unspecified atom stereocenters. The average Bonchev–Trinajstić information content (AvgIpc) is 3.48. The molecule has 0 aliphatic heterocycles. The van der Waals surface area contributed by atoms with Crippen LogP contribution in [0.5, 0.6) is 11.5 Å². The number of carboxylic acids is 1. The van der Waals surface area contributed by atoms with Crippen LogP contribution in [0.3, 0.4) is 0 Å². The Morgan fingerprint density at radius 2 is 1.85 bits per heavy atom. The molecule has 0 saturated heterocycles. The number of methoxy groups -OCH3 is 2. The highest BCUT2D eigenvalue weighted by atomic mass is 16.5. The Morgan fingerprint density at radius 3 is 2.45 bits per heavy atom. The average molecular weight is 456 g/mol. The van der Waals surface area contributed by atoms with Crippen molar-refractivity contribution >= 4 is 17.0 Å². The number of fused-ring (bicyclic) bond motifs is 1. The summed E-state index contributed by atoms with van der Waals surface area (Å²) in [5.74, 6) is 0.158. The summed E-state index contributed by atoms with van der Waals surface area (Å²) in [6.45, 7) is 2.09. The Labute approximate surface area is 191 Å². The molecule has 2 N–H and O–H groups in total. The molecule has 1 aliphatic carbocycles. The van der Waals surface area contributed by atoms with Crippen LogP contribution in [0.15, 0.2) is 30.3 Å². The molecule has 9 nitrogen and oxygen atoms in total. The molecular formula is C24H29N3O6. The minimum Gasteiger partial charge on any atom is -0.496 e. The van der Waals surface area contributed by atoms with Gasteiger partial charge in [-0.3, -0.25) is 0 Å². The molecule has 0 spiro atoms. The van der Waals surface area contributed by atoms with Gasteiger partial charge < -0.3 is 24.4 Å². The van der Waals surface area contributed by atoms with E-state index in [0.29, 0.717) is 28.1 Å². The molecule has 3 aromatic rings. The van der Waals surface area contributed by atoms with E-state index in [9.17, 15) is 15.0 Å². The van der Waals surface area contributed by atoms with Crippen molar-refractivity contribution in [3.63, 3.8) is 0 Å². The molecule has 1 fully saturated rings. The summed E-state index contributed by atoms with van der Waals surface area (Å²) in [5, 5.41) is 29.1. The molecule has 1 heterocycles. The monoisotopic (exact) mass is 455 g/mol. The smallest absolute Gasteiger partial charge is 0.338 e. The molecule has 1 saturated carbocycles. The van der Waals surface area contributed by atoms with Crippen molar-refractivity contribution in [1.82, 2.24) is 15.0 Å². The number of hydrogen-bond acceptors (Lipinski definition) is 7. The summed E-state index contributed by atoms with van der Waals surface area (Å²) in [6.07, 6.45) is 2.47. The van der Waals surface area contributed by atoms with Crippen LogP contribution in [-0.4, -0.2) is 57.6 Å². The Bertz CT molecular complexity index is 1110. The summed E-state index contributed by atoms with van der Waals surface area (Å²) in [7, 11) is 3.15. The fourth-order valence-corrected chi connectivity index (χ4v) is 4.45. The first-order valence-corrected chi connectivity index (χ1v) is 11.0. The summed E-state index contributed by atoms with van der Waals surface area (Å²) < 4.78 is 18.9. The summed E-state index contributed by atoms with van der Waals surface area (Å²) in [4.78, 5) is 11.6. The fourth-order valence-electron chi connectivity index (χ4n) is 4.45. The standard InChI is InChI=1S/C24H29N3O6/c1-14-19(31-2)11-15(12-20(14)32-3)23(28)21(33-16-7-4-5-8-16)13-27-18-10-6-9-17(24(29)30)22(18)25-26-27/h6,9-12,16,21,23,28H,4-5,7-8,13H2,1-3H3,(H,29,30). The zero-order valence-electron chi connectivity index (χ0n) is 19.0. The highest BCUT2D eigenvalue weighted by Gasteiger charge is 2.30. The lowest BCUT2D eigenvalue weighted by Crippen LogP contribution is -2.31. The van der Waals surface area contributed by atoms with Crippen LogP contribution in [0.1, 0.15) is 53.3 Å². The Kier molecular flexibility index (Phi) is 6.80. The SMILES string of the molecule is COc1cc(C(O)C(Cn2nnc3c(C(=O)O)cccc32)OC2CCCC2)cc(OC)c1C. The van der Waals surface area contributed by atoms with Gasteiger partial charge in [0.05, 0.1) is 37.9 Å². The zero-order chi connectivity index (χ0) is 23.5. The van der Waals surface area contributed by atoms with E-state index in [1.165, 1.54) is 6.07 Å². The minimum atomic E-state index is -1.06. The van der Waals surface area contributed by atoms with Gasteiger partial charge in [0.2, 0.25) is 0 Å². The molecule has 4 rings (SSSR count). The van der Waals surface area contributed by atoms with Crippen molar-refractivity contribution in [1.29, 1.82) is 0 Å². The third-order valence-corrected chi connectivity index (χ3v) is 6.27. The molecular weight excluding hydrogens is 426 g/mol. The van der Waals surface area contributed by atoms with Gasteiger partial charge in [-0.25, -0.2) is 9.48 Å². The van der Waals surface area contributed by atoms with Gasteiger partial charge in [0, 0.05) is 5.56 Å². The van der Waals surface area contributed by atoms with E-state index in [4.69, 9.17) is 14.2 Å². The Hall–Kier alpha value is -3.17. The van der Waals surface area contributed by atoms with E-state index in [-0.39, 0.29) is 18.2 Å². The van der Waals surface area contributed by atoms with Crippen LogP contribution in [0, 0.1) is 6.92 Å². The van der Waals surface area contributed by atoms with E-state index >= 15 is 0 Å². The van der Waals surface area contributed by atoms with E-state index in [0.717, 1.165) is 31.2 Å². The number of aromatic carboxylic acids is 1. The van der Waals surface area contributed by atoms with Gasteiger partial charge in [0.1, 0.15) is 29.2 Å². The second-order valence-electron chi connectivity index (χ2n) is 8.33. The van der Waals surface area contributed by atoms with Crippen molar-refractivity contribution in [2.75, 3.05) is 14.2 Å². The van der Waals surface area contributed by atoms with Crippen LogP contribution < -0.4 is 9.47 Å². The molecule has 0 amide bonds. The summed E-state index contributed by atoms with van der Waals surface area (Å²) in [5.41, 5.74) is 2.40. The highest BCUT2D eigenvalue weighted by molar-refractivity contribution is 6.00. The van der Waals surface area contributed by atoms with Gasteiger partial charge >= 0.3 is 5.97 Å². The van der Waals surface area contributed by atoms with E-state index in [1.807, 2.05) is 6.92 Å². The fraction of sp³-hybridized carbons (Fsp3) is 0.458. The van der Waals surface area contributed by atoms with Crippen molar-refractivity contribution in [2.24, 2.45) is 0 Å². The number of hydrogen-bond donors (Lipinski definition) is 2. The second kappa shape index (κ2) is 9.76. The maximum absolute atomic E-state index is 11.6. The lowest BCUT2D eigenvalue weighted by atomic mass is 10.0. The molecule has 2 aromatic carbocycles. The number of nitrogens with zero attached hydrogens (tertiary/aromatic N) is 3. The van der Waals surface area contributed by atoms with Crippen molar-refractivity contribution < 1.29 is 29.2 Å². The molecule has 1 aromatic heterocycles. The van der Waals surface area contributed by atoms with Gasteiger partial charge in [-0.1, -0.05) is 24.1 Å². The zero-order valence-corrected chi connectivity index (χ0v) is 19.0. The van der Waals surface area contributed by atoms with Gasteiger partial charge in [-0.2, -0.15) is 0 Å². The maximum atomic E-state index is 11.6. The molecule has 0 radical (unpaired) electrons. The number of ether oxygens (including phenoxy) is 3. The maximum Gasteiger partial charge on any atom is 0.338 e. The Morgan fingerprint density at radius 1 is 1.18 bits per heavy atom. The highest BCUT2D eigenvalue weighted by Crippen LogP contribution is 2.35. The topological polar surface area (TPSA) is 116 Å². The van der Waals surface area contributed by atoms with Crippen LogP contribution in [0.25, 0.3) is 11.0 Å². The van der Waals surface area contributed by atoms with Crippen LogP contribution in [0.4, 0.5) is 0 Å². The normalized spacial score (nSPS) is 16.1. The van der Waals surface area contributed by atoms with Crippen LogP contribution >= 0.6 is 0 Å². The first kappa shape index (κ1) is 23.0. The van der Waals surface area contributed by atoms with Crippen LogP contribution in [0.2, 0.25) is 0 Å². The summed E-state index contributed by atoms with van der Waals surface area (Å²) >= 11 is 0. The van der Waals surface area contributed by atoms with Gasteiger partial charge in [0.15, 0.2) is 0 Å². The van der Waals surface area contributed by atoms with Gasteiger partial charge in [-0.15, -0.1) is 5.10 Å². The first-order valence-electron chi connectivity index (χ1n) is 11.0. The molecule has 2 atom stereocenters. The number of aliphatic hydroxyl groups is 1. The third-order valence-electron chi connectivity index (χ3n) is 6.27. The molecule has 176 valence electrons. The first-order chi connectivity index (χ1) is 15.9. The molecule has 1 aliphatic rings. The number of carbonyl (C=O) groups is 1. The van der Waals surface area contributed by atoms with Crippen LogP contribution in [-0.2, 0) is 11.3 Å². The van der Waals surface area contributed by atoms with Crippen molar-refractivity contribution in [3.8, 4) is 11.5 Å².